The quantitative estimate of drug-likeness (QED) is 0.385. The van der Waals surface area contributed by atoms with E-state index in [2.05, 4.69) is 6.58 Å². The van der Waals surface area contributed by atoms with Crippen LogP contribution >= 0.6 is 0 Å². The maximum Gasteiger partial charge on any atom is 0.158 e. The van der Waals surface area contributed by atoms with Gasteiger partial charge < -0.3 is 4.79 Å². The Labute approximate surface area is 41.8 Å². The van der Waals surface area contributed by atoms with Crippen molar-refractivity contribution in [3.63, 3.8) is 0 Å². The molecule has 0 spiro atoms. The van der Waals surface area contributed by atoms with Gasteiger partial charge in [-0.15, -0.1) is 6.58 Å². The monoisotopic (exact) mass is 102 g/mol. The van der Waals surface area contributed by atoms with Crippen molar-refractivity contribution in [3.8, 4) is 0 Å². The molecule has 0 radical (unpaired) electrons. The zero-order chi connectivity index (χ0) is 5.70. The SMILES string of the molecule is C=CCC(F)C=O. The molecule has 40 valence electrons. The summed E-state index contributed by atoms with van der Waals surface area (Å²) in [5, 5.41) is 0. The van der Waals surface area contributed by atoms with Crippen LogP contribution in [0.1, 0.15) is 6.42 Å². The van der Waals surface area contributed by atoms with E-state index < -0.39 is 6.17 Å². The van der Waals surface area contributed by atoms with Crippen LogP contribution in [-0.2, 0) is 4.79 Å². The van der Waals surface area contributed by atoms with Gasteiger partial charge in [-0.25, -0.2) is 4.39 Å². The molecule has 0 saturated carbocycles. The summed E-state index contributed by atoms with van der Waals surface area (Å²) in [4.78, 5) is 9.47. The molecule has 0 amide bonds. The minimum absolute atomic E-state index is 0.128. The highest BCUT2D eigenvalue weighted by molar-refractivity contribution is 5.55. The van der Waals surface area contributed by atoms with E-state index >= 15 is 0 Å². The lowest BCUT2D eigenvalue weighted by Crippen LogP contribution is -1.96. The zero-order valence-corrected chi connectivity index (χ0v) is 3.93. The average Bonchev–Trinajstić information content (AvgIpc) is 1.68. The Kier molecular flexibility index (Phi) is 3.19. The highest BCUT2D eigenvalue weighted by atomic mass is 19.1. The highest BCUT2D eigenvalue weighted by Crippen LogP contribution is 1.91. The molecule has 0 bridgehead atoms. The first kappa shape index (κ1) is 6.34. The summed E-state index contributed by atoms with van der Waals surface area (Å²) < 4.78 is 11.7. The Hall–Kier alpha value is -0.660. The second-order valence-electron chi connectivity index (χ2n) is 1.18. The van der Waals surface area contributed by atoms with E-state index in [-0.39, 0.29) is 12.7 Å². The molecule has 0 heterocycles. The smallest absolute Gasteiger partial charge is 0.158 e. The lowest BCUT2D eigenvalue weighted by Gasteiger charge is -1.87. The largest absolute Gasteiger partial charge is 0.300 e. The Morgan fingerprint density at radius 3 is 2.57 bits per heavy atom. The van der Waals surface area contributed by atoms with Crippen LogP contribution in [0.15, 0.2) is 12.7 Å². The van der Waals surface area contributed by atoms with Gasteiger partial charge in [-0.1, -0.05) is 6.08 Å². The molecular weight excluding hydrogens is 95.1 g/mol. The minimum atomic E-state index is -1.35. The van der Waals surface area contributed by atoms with Gasteiger partial charge in [-0.3, -0.25) is 0 Å². The van der Waals surface area contributed by atoms with Crippen LogP contribution < -0.4 is 0 Å². The molecular formula is C5H7FO. The minimum Gasteiger partial charge on any atom is -0.300 e. The van der Waals surface area contributed by atoms with Gasteiger partial charge >= 0.3 is 0 Å². The number of hydrogen-bond acceptors (Lipinski definition) is 1. The van der Waals surface area contributed by atoms with Gasteiger partial charge in [-0.2, -0.15) is 0 Å². The van der Waals surface area contributed by atoms with Gasteiger partial charge in [0.05, 0.1) is 0 Å². The maximum atomic E-state index is 11.7. The molecule has 0 aliphatic carbocycles. The van der Waals surface area contributed by atoms with Crippen molar-refractivity contribution in [2.75, 3.05) is 0 Å². The number of carbonyl (C=O) groups is 1. The van der Waals surface area contributed by atoms with Crippen molar-refractivity contribution in [2.45, 2.75) is 12.6 Å². The number of rotatable bonds is 3. The standard InChI is InChI=1S/C5H7FO/c1-2-3-5(6)4-7/h2,4-5H,1,3H2. The first-order valence-corrected chi connectivity index (χ1v) is 2.01. The van der Waals surface area contributed by atoms with E-state index in [0.29, 0.717) is 0 Å². The predicted octanol–water partition coefficient (Wildman–Crippen LogP) is 1.10. The van der Waals surface area contributed by atoms with Crippen LogP contribution in [0.2, 0.25) is 0 Å². The van der Waals surface area contributed by atoms with Crippen LogP contribution in [0.4, 0.5) is 4.39 Å². The third-order valence-corrected chi connectivity index (χ3v) is 0.539. The number of halogens is 1. The first-order chi connectivity index (χ1) is 3.31. The second kappa shape index (κ2) is 3.53. The Bertz CT molecular complexity index is 70.5. The van der Waals surface area contributed by atoms with Crippen molar-refractivity contribution in [1.82, 2.24) is 0 Å². The summed E-state index contributed by atoms with van der Waals surface area (Å²) >= 11 is 0. The van der Waals surface area contributed by atoms with Gasteiger partial charge in [0.15, 0.2) is 12.5 Å². The van der Waals surface area contributed by atoms with Gasteiger partial charge in [0.1, 0.15) is 0 Å². The van der Waals surface area contributed by atoms with Crippen molar-refractivity contribution < 1.29 is 9.18 Å². The molecule has 0 aromatic heterocycles. The summed E-state index contributed by atoms with van der Waals surface area (Å²) in [6, 6.07) is 0. The molecule has 0 saturated heterocycles. The zero-order valence-electron chi connectivity index (χ0n) is 3.93. The fourth-order valence-corrected chi connectivity index (χ4v) is 0.215. The summed E-state index contributed by atoms with van der Waals surface area (Å²) in [7, 11) is 0. The molecule has 0 aromatic carbocycles. The summed E-state index contributed by atoms with van der Waals surface area (Å²) in [6.45, 7) is 3.25. The van der Waals surface area contributed by atoms with Crippen LogP contribution in [-0.4, -0.2) is 12.5 Å². The summed E-state index contributed by atoms with van der Waals surface area (Å²) in [6.07, 6.45) is 0.419. The third kappa shape index (κ3) is 3.16. The van der Waals surface area contributed by atoms with E-state index in [0.717, 1.165) is 0 Å². The van der Waals surface area contributed by atoms with E-state index in [4.69, 9.17) is 0 Å². The number of aldehydes is 1. The van der Waals surface area contributed by atoms with Crippen LogP contribution in [0.25, 0.3) is 0 Å². The average molecular weight is 102 g/mol. The van der Waals surface area contributed by atoms with Gasteiger partial charge in [0.2, 0.25) is 0 Å². The van der Waals surface area contributed by atoms with Gasteiger partial charge in [0, 0.05) is 6.42 Å². The first-order valence-electron chi connectivity index (χ1n) is 2.01. The van der Waals surface area contributed by atoms with Crippen LogP contribution in [0.5, 0.6) is 0 Å². The molecule has 0 rings (SSSR count). The molecule has 0 fully saturated rings. The maximum absolute atomic E-state index is 11.7. The Balaban J connectivity index is 3.15. The molecule has 1 nitrogen and oxygen atoms in total. The number of hydrogen-bond donors (Lipinski definition) is 0. The highest BCUT2D eigenvalue weighted by Gasteiger charge is 1.96. The molecule has 0 N–H and O–H groups in total. The summed E-state index contributed by atoms with van der Waals surface area (Å²) in [5.41, 5.74) is 0. The normalized spacial score (nSPS) is 12.7. The Morgan fingerprint density at radius 1 is 1.86 bits per heavy atom. The molecule has 0 aromatic rings. The molecule has 1 unspecified atom stereocenters. The van der Waals surface area contributed by atoms with Gasteiger partial charge in [-0.05, 0) is 0 Å². The van der Waals surface area contributed by atoms with Crippen molar-refractivity contribution >= 4 is 6.29 Å². The summed E-state index contributed by atoms with van der Waals surface area (Å²) in [5.74, 6) is 0. The Morgan fingerprint density at radius 2 is 2.43 bits per heavy atom. The lowest BCUT2D eigenvalue weighted by molar-refractivity contribution is -0.111. The van der Waals surface area contributed by atoms with E-state index in [1.807, 2.05) is 0 Å². The lowest BCUT2D eigenvalue weighted by atomic mass is 10.3. The molecule has 1 atom stereocenters. The predicted molar refractivity (Wildman–Crippen MR) is 25.8 cm³/mol. The molecule has 2 heteroatoms. The van der Waals surface area contributed by atoms with Crippen molar-refractivity contribution in [2.24, 2.45) is 0 Å². The van der Waals surface area contributed by atoms with E-state index in [1.165, 1.54) is 6.08 Å². The fourth-order valence-electron chi connectivity index (χ4n) is 0.215. The number of alkyl halides is 1. The van der Waals surface area contributed by atoms with E-state index in [1.54, 1.807) is 0 Å². The van der Waals surface area contributed by atoms with Crippen LogP contribution in [0, 0.1) is 0 Å². The van der Waals surface area contributed by atoms with Crippen molar-refractivity contribution in [1.29, 1.82) is 0 Å². The number of allylic oxidation sites excluding steroid dienone is 1. The fraction of sp³-hybridized carbons (Fsp3) is 0.400. The molecule has 7 heavy (non-hydrogen) atoms. The second-order valence-corrected chi connectivity index (χ2v) is 1.18. The van der Waals surface area contributed by atoms with Crippen molar-refractivity contribution in [3.05, 3.63) is 12.7 Å². The van der Waals surface area contributed by atoms with E-state index in [9.17, 15) is 9.18 Å². The molecule has 0 aliphatic heterocycles. The third-order valence-electron chi connectivity index (χ3n) is 0.539. The van der Waals surface area contributed by atoms with Crippen LogP contribution in [0.3, 0.4) is 0 Å². The molecule has 0 aliphatic rings. The number of carbonyl (C=O) groups excluding carboxylic acids is 1. The topological polar surface area (TPSA) is 17.1 Å². The van der Waals surface area contributed by atoms with Gasteiger partial charge in [0.25, 0.3) is 0 Å².